The average Bonchev–Trinajstić information content (AvgIpc) is 0.811. The SMILES string of the molecule is O[C](F)F. The molecule has 0 aromatic heterocycles. The van der Waals surface area contributed by atoms with Crippen molar-refractivity contribution in [1.82, 2.24) is 0 Å². The Labute approximate surface area is 21.9 Å². The van der Waals surface area contributed by atoms with E-state index in [2.05, 4.69) is 0 Å². The van der Waals surface area contributed by atoms with Crippen molar-refractivity contribution in [2.75, 3.05) is 0 Å². The summed E-state index contributed by atoms with van der Waals surface area (Å²) in [6.45, 7) is -2.58. The van der Waals surface area contributed by atoms with Crippen molar-refractivity contribution in [2.24, 2.45) is 0 Å². The van der Waals surface area contributed by atoms with Gasteiger partial charge >= 0.3 is 6.61 Å². The lowest BCUT2D eigenvalue weighted by Gasteiger charge is -1.65. The highest BCUT2D eigenvalue weighted by atomic mass is 19.3. The lowest BCUT2D eigenvalue weighted by molar-refractivity contribution is 0.0538. The fourth-order valence-electron chi connectivity index (χ4n) is 0. The van der Waals surface area contributed by atoms with Gasteiger partial charge in [0.1, 0.15) is 0 Å². The van der Waals surface area contributed by atoms with Gasteiger partial charge in [0.25, 0.3) is 0 Å². The molecule has 0 aliphatic rings. The third-order valence-electron chi connectivity index (χ3n) is 0. The molecule has 3 heteroatoms. The molecule has 0 aromatic rings. The van der Waals surface area contributed by atoms with Crippen molar-refractivity contribution < 1.29 is 13.9 Å². The Hall–Kier alpha value is -0.180. The average molecular weight is 67.0 g/mol. The molecule has 1 nitrogen and oxygen atoms in total. The molecule has 1 N–H and O–H groups in total. The van der Waals surface area contributed by atoms with Gasteiger partial charge in [0, 0.05) is 0 Å². The smallest absolute Gasteiger partial charge is 0.329 e. The van der Waals surface area contributed by atoms with Crippen LogP contribution in [0.5, 0.6) is 0 Å². The first-order valence-electron chi connectivity index (χ1n) is 0.602. The zero-order valence-electron chi connectivity index (χ0n) is 1.70. The van der Waals surface area contributed by atoms with Gasteiger partial charge < -0.3 is 5.11 Å². The summed E-state index contributed by atoms with van der Waals surface area (Å²) in [6, 6.07) is 0. The van der Waals surface area contributed by atoms with E-state index < -0.39 is 6.61 Å². The van der Waals surface area contributed by atoms with Crippen LogP contribution in [0.15, 0.2) is 0 Å². The number of halogens is 2. The molecule has 0 saturated carbocycles. The zero-order chi connectivity index (χ0) is 3.58. The van der Waals surface area contributed by atoms with Crippen molar-refractivity contribution in [1.29, 1.82) is 0 Å². The highest BCUT2D eigenvalue weighted by molar-refractivity contribution is 4.19. The quantitative estimate of drug-likeness (QED) is 0.443. The summed E-state index contributed by atoms with van der Waals surface area (Å²) in [6.07, 6.45) is 0. The summed E-state index contributed by atoms with van der Waals surface area (Å²) in [5.74, 6) is 0. The third kappa shape index (κ3) is 37.8. The Morgan fingerprint density at radius 1 is 1.50 bits per heavy atom. The summed E-state index contributed by atoms with van der Waals surface area (Å²) in [5.41, 5.74) is 0. The summed E-state index contributed by atoms with van der Waals surface area (Å²) < 4.78 is 19.6. The van der Waals surface area contributed by atoms with Crippen molar-refractivity contribution in [2.45, 2.75) is 0 Å². The van der Waals surface area contributed by atoms with Gasteiger partial charge in [-0.3, -0.25) is 0 Å². The van der Waals surface area contributed by atoms with Crippen LogP contribution < -0.4 is 0 Å². The van der Waals surface area contributed by atoms with Gasteiger partial charge in [-0.15, -0.1) is 0 Å². The Balaban J connectivity index is 2.32. The molecule has 0 rings (SSSR count). The second-order valence-electron chi connectivity index (χ2n) is 0.240. The molecular formula is CHF2O. The number of aliphatic hydroxyl groups excluding tert-OH is 1. The fourth-order valence-corrected chi connectivity index (χ4v) is 0. The Bertz CT molecular complexity index is 10.8. The zero-order valence-corrected chi connectivity index (χ0v) is 1.70. The molecular weight excluding hydrogens is 66.0 g/mol. The lowest BCUT2D eigenvalue weighted by atomic mass is 11.5. The predicted molar refractivity (Wildman–Crippen MR) is 7.39 cm³/mol. The first-order chi connectivity index (χ1) is 1.73. The van der Waals surface area contributed by atoms with Crippen molar-refractivity contribution in [3.05, 3.63) is 6.61 Å². The van der Waals surface area contributed by atoms with Crippen LogP contribution in [-0.4, -0.2) is 5.11 Å². The second-order valence-corrected chi connectivity index (χ2v) is 0.240. The maximum absolute atomic E-state index is 9.81. The highest BCUT2D eigenvalue weighted by Gasteiger charge is 1.88. The van der Waals surface area contributed by atoms with E-state index in [0.717, 1.165) is 0 Å². The number of hydrogen-bond acceptors (Lipinski definition) is 1. The number of hydrogen-bond donors (Lipinski definition) is 1. The first-order valence-corrected chi connectivity index (χ1v) is 0.602. The molecule has 0 bridgehead atoms. The van der Waals surface area contributed by atoms with E-state index in [-0.39, 0.29) is 0 Å². The van der Waals surface area contributed by atoms with Gasteiger partial charge in [0.2, 0.25) is 0 Å². The van der Waals surface area contributed by atoms with E-state index in [1.807, 2.05) is 0 Å². The molecule has 25 valence electrons. The minimum absolute atomic E-state index is 2.58. The van der Waals surface area contributed by atoms with E-state index in [9.17, 15) is 8.78 Å². The second kappa shape index (κ2) is 1.17. The van der Waals surface area contributed by atoms with Crippen molar-refractivity contribution in [3.8, 4) is 0 Å². The standard InChI is InChI=1S/CHF2O/c2-1(3)4/h4H. The van der Waals surface area contributed by atoms with Crippen molar-refractivity contribution >= 4 is 0 Å². The van der Waals surface area contributed by atoms with E-state index >= 15 is 0 Å². The Morgan fingerprint density at radius 2 is 1.50 bits per heavy atom. The number of rotatable bonds is 0. The summed E-state index contributed by atoms with van der Waals surface area (Å²) in [7, 11) is 0. The molecule has 0 saturated heterocycles. The van der Waals surface area contributed by atoms with Crippen molar-refractivity contribution in [3.63, 3.8) is 0 Å². The van der Waals surface area contributed by atoms with Crippen LogP contribution in [0.4, 0.5) is 8.78 Å². The van der Waals surface area contributed by atoms with Crippen LogP contribution >= 0.6 is 0 Å². The molecule has 0 atom stereocenters. The Morgan fingerprint density at radius 3 is 1.50 bits per heavy atom. The topological polar surface area (TPSA) is 20.2 Å². The fraction of sp³-hybridized carbons (Fsp3) is 0. The monoisotopic (exact) mass is 67.0 g/mol. The van der Waals surface area contributed by atoms with Gasteiger partial charge in [-0.2, -0.15) is 8.78 Å². The highest BCUT2D eigenvalue weighted by Crippen LogP contribution is 1.90. The van der Waals surface area contributed by atoms with Gasteiger partial charge in [0.15, 0.2) is 0 Å². The molecule has 4 heavy (non-hydrogen) atoms. The van der Waals surface area contributed by atoms with E-state index in [4.69, 9.17) is 5.11 Å². The van der Waals surface area contributed by atoms with Crippen LogP contribution in [-0.2, 0) is 0 Å². The van der Waals surface area contributed by atoms with E-state index in [0.29, 0.717) is 0 Å². The summed E-state index contributed by atoms with van der Waals surface area (Å²) in [4.78, 5) is 0. The minimum Gasteiger partial charge on any atom is -0.329 e. The lowest BCUT2D eigenvalue weighted by Crippen LogP contribution is -1.63. The molecule has 0 aliphatic carbocycles. The minimum atomic E-state index is -2.58. The van der Waals surface area contributed by atoms with Crippen LogP contribution in [0.3, 0.4) is 0 Å². The molecule has 0 aliphatic heterocycles. The van der Waals surface area contributed by atoms with Crippen LogP contribution in [0, 0.1) is 6.61 Å². The summed E-state index contributed by atoms with van der Waals surface area (Å²) >= 11 is 0. The van der Waals surface area contributed by atoms with Crippen LogP contribution in [0.1, 0.15) is 0 Å². The molecule has 1 radical (unpaired) electrons. The molecule has 0 fully saturated rings. The largest absolute Gasteiger partial charge is 0.445 e. The normalized spacial score (nSPS) is 9.00. The first kappa shape index (κ1) is 3.82. The maximum Gasteiger partial charge on any atom is 0.445 e. The number of aliphatic hydroxyl groups is 1. The maximum atomic E-state index is 9.81. The molecule has 0 amide bonds. The summed E-state index contributed by atoms with van der Waals surface area (Å²) in [5, 5.41) is 6.64. The van der Waals surface area contributed by atoms with Gasteiger partial charge in [-0.1, -0.05) is 0 Å². The molecule has 0 heterocycles. The van der Waals surface area contributed by atoms with E-state index in [1.165, 1.54) is 0 Å². The van der Waals surface area contributed by atoms with Crippen LogP contribution in [0.25, 0.3) is 0 Å². The Kier molecular flexibility index (Phi) is 1.12. The van der Waals surface area contributed by atoms with E-state index in [1.54, 1.807) is 0 Å². The third-order valence-corrected chi connectivity index (χ3v) is 0. The molecule has 0 aromatic carbocycles. The van der Waals surface area contributed by atoms with Crippen LogP contribution in [0.2, 0.25) is 0 Å². The molecule has 0 spiro atoms. The van der Waals surface area contributed by atoms with Gasteiger partial charge in [0.05, 0.1) is 0 Å². The molecule has 0 unspecified atom stereocenters. The predicted octanol–water partition coefficient (Wildman–Crippen LogP) is 0.745. The van der Waals surface area contributed by atoms with Gasteiger partial charge in [-0.25, -0.2) is 0 Å². The van der Waals surface area contributed by atoms with Gasteiger partial charge in [-0.05, 0) is 0 Å².